The third-order valence-corrected chi connectivity index (χ3v) is 2.19. The fourth-order valence-electron chi connectivity index (χ4n) is 1.35. The molecule has 15 heavy (non-hydrogen) atoms. The lowest BCUT2D eigenvalue weighted by molar-refractivity contribution is -0.143. The van der Waals surface area contributed by atoms with E-state index in [0.717, 1.165) is 5.56 Å². The monoisotopic (exact) mass is 205 g/mol. The first kappa shape index (κ1) is 11.4. The van der Waals surface area contributed by atoms with Crippen LogP contribution in [0.3, 0.4) is 0 Å². The topological polar surface area (TPSA) is 37.4 Å². The van der Waals surface area contributed by atoms with Crippen molar-refractivity contribution >= 4 is 11.7 Å². The number of hydrogen-bond donors (Lipinski definition) is 0. The van der Waals surface area contributed by atoms with Gasteiger partial charge in [0.25, 0.3) is 5.91 Å². The molecule has 0 bridgehead atoms. The zero-order valence-corrected chi connectivity index (χ0v) is 9.06. The van der Waals surface area contributed by atoms with Crippen LogP contribution in [0.2, 0.25) is 0 Å². The smallest absolute Gasteiger partial charge is 0.289 e. The summed E-state index contributed by atoms with van der Waals surface area (Å²) in [6, 6.07) is 9.64. The SMILES string of the molecule is CCN(Cc1ccccc1)C(=O)C(C)=O. The second kappa shape index (κ2) is 5.29. The third-order valence-electron chi connectivity index (χ3n) is 2.19. The number of hydrogen-bond acceptors (Lipinski definition) is 2. The molecule has 0 N–H and O–H groups in total. The first-order valence-corrected chi connectivity index (χ1v) is 4.99. The Hall–Kier alpha value is -1.64. The van der Waals surface area contributed by atoms with Gasteiger partial charge < -0.3 is 4.90 Å². The molecule has 0 saturated heterocycles. The summed E-state index contributed by atoms with van der Waals surface area (Å²) in [5, 5.41) is 0. The van der Waals surface area contributed by atoms with Crippen LogP contribution in [0.25, 0.3) is 0 Å². The molecule has 1 amide bonds. The molecule has 0 aromatic heterocycles. The zero-order valence-electron chi connectivity index (χ0n) is 9.06. The number of carbonyl (C=O) groups excluding carboxylic acids is 2. The van der Waals surface area contributed by atoms with Gasteiger partial charge in [-0.15, -0.1) is 0 Å². The van der Waals surface area contributed by atoms with Crippen LogP contribution in [0.1, 0.15) is 19.4 Å². The Morgan fingerprint density at radius 3 is 2.27 bits per heavy atom. The van der Waals surface area contributed by atoms with Gasteiger partial charge in [0.2, 0.25) is 5.78 Å². The first-order chi connectivity index (χ1) is 7.15. The van der Waals surface area contributed by atoms with E-state index in [4.69, 9.17) is 0 Å². The van der Waals surface area contributed by atoms with Crippen molar-refractivity contribution in [3.8, 4) is 0 Å². The summed E-state index contributed by atoms with van der Waals surface area (Å²) in [5.74, 6) is -0.825. The Labute approximate surface area is 89.7 Å². The lowest BCUT2D eigenvalue weighted by atomic mass is 10.2. The molecule has 0 saturated carbocycles. The van der Waals surface area contributed by atoms with Gasteiger partial charge in [-0.25, -0.2) is 0 Å². The van der Waals surface area contributed by atoms with Crippen molar-refractivity contribution in [2.45, 2.75) is 20.4 Å². The molecule has 0 fully saturated rings. The molecule has 0 aliphatic carbocycles. The maximum absolute atomic E-state index is 11.5. The number of carbonyl (C=O) groups is 2. The molecule has 0 aliphatic rings. The average molecular weight is 205 g/mol. The largest absolute Gasteiger partial charge is 0.332 e. The highest BCUT2D eigenvalue weighted by atomic mass is 16.2. The summed E-state index contributed by atoms with van der Waals surface area (Å²) < 4.78 is 0. The van der Waals surface area contributed by atoms with Crippen LogP contribution < -0.4 is 0 Å². The minimum atomic E-state index is -0.415. The second-order valence-corrected chi connectivity index (χ2v) is 3.36. The fourth-order valence-corrected chi connectivity index (χ4v) is 1.35. The Balaban J connectivity index is 2.70. The summed E-state index contributed by atoms with van der Waals surface area (Å²) in [7, 11) is 0. The maximum Gasteiger partial charge on any atom is 0.289 e. The second-order valence-electron chi connectivity index (χ2n) is 3.36. The molecule has 0 heterocycles. The van der Waals surface area contributed by atoms with Crippen LogP contribution in [0.15, 0.2) is 30.3 Å². The zero-order chi connectivity index (χ0) is 11.3. The van der Waals surface area contributed by atoms with Crippen LogP contribution in [0.4, 0.5) is 0 Å². The number of benzene rings is 1. The number of amides is 1. The minimum Gasteiger partial charge on any atom is -0.332 e. The van der Waals surface area contributed by atoms with Crippen molar-refractivity contribution in [2.75, 3.05) is 6.54 Å². The van der Waals surface area contributed by atoms with Gasteiger partial charge in [-0.1, -0.05) is 30.3 Å². The number of likely N-dealkylation sites (N-methyl/N-ethyl adjacent to an activating group) is 1. The Kier molecular flexibility index (Phi) is 4.03. The van der Waals surface area contributed by atoms with E-state index in [1.807, 2.05) is 37.3 Å². The summed E-state index contributed by atoms with van der Waals surface area (Å²) in [6.45, 7) is 4.21. The van der Waals surface area contributed by atoms with Crippen molar-refractivity contribution in [2.24, 2.45) is 0 Å². The predicted octanol–water partition coefficient (Wildman–Crippen LogP) is 1.62. The highest BCUT2D eigenvalue weighted by Crippen LogP contribution is 2.04. The number of ketones is 1. The normalized spacial score (nSPS) is 9.73. The van der Waals surface area contributed by atoms with E-state index in [9.17, 15) is 9.59 Å². The molecule has 1 aromatic rings. The molecule has 0 atom stereocenters. The van der Waals surface area contributed by atoms with Crippen molar-refractivity contribution in [1.82, 2.24) is 4.90 Å². The first-order valence-electron chi connectivity index (χ1n) is 4.99. The maximum atomic E-state index is 11.5. The quantitative estimate of drug-likeness (QED) is 0.700. The predicted molar refractivity (Wildman–Crippen MR) is 58.2 cm³/mol. The molecule has 0 radical (unpaired) electrons. The van der Waals surface area contributed by atoms with Gasteiger partial charge in [-0.3, -0.25) is 9.59 Å². The van der Waals surface area contributed by atoms with Crippen molar-refractivity contribution < 1.29 is 9.59 Å². The summed E-state index contributed by atoms with van der Waals surface area (Å²) in [5.41, 5.74) is 1.04. The van der Waals surface area contributed by atoms with E-state index in [0.29, 0.717) is 13.1 Å². The molecular weight excluding hydrogens is 190 g/mol. The summed E-state index contributed by atoms with van der Waals surface area (Å²) >= 11 is 0. The number of Topliss-reactive ketones (excluding diaryl/α,β-unsaturated/α-hetero) is 1. The van der Waals surface area contributed by atoms with E-state index in [1.165, 1.54) is 11.8 Å². The highest BCUT2D eigenvalue weighted by Gasteiger charge is 2.15. The Morgan fingerprint density at radius 1 is 1.20 bits per heavy atom. The van der Waals surface area contributed by atoms with E-state index in [2.05, 4.69) is 0 Å². The van der Waals surface area contributed by atoms with Gasteiger partial charge in [0.1, 0.15) is 0 Å². The van der Waals surface area contributed by atoms with Gasteiger partial charge in [-0.05, 0) is 12.5 Å². The van der Waals surface area contributed by atoms with Gasteiger partial charge in [0, 0.05) is 20.0 Å². The molecule has 3 nitrogen and oxygen atoms in total. The molecule has 0 aliphatic heterocycles. The standard InChI is InChI=1S/C12H15NO2/c1-3-13(12(15)10(2)14)9-11-7-5-4-6-8-11/h4-8H,3,9H2,1-2H3. The molecular formula is C12H15NO2. The van der Waals surface area contributed by atoms with Crippen LogP contribution >= 0.6 is 0 Å². The number of nitrogens with zero attached hydrogens (tertiary/aromatic N) is 1. The molecule has 80 valence electrons. The minimum absolute atomic E-state index is 0.409. The Morgan fingerprint density at radius 2 is 1.80 bits per heavy atom. The number of rotatable bonds is 4. The van der Waals surface area contributed by atoms with Gasteiger partial charge in [0.15, 0.2) is 0 Å². The van der Waals surface area contributed by atoms with Crippen molar-refractivity contribution in [3.63, 3.8) is 0 Å². The van der Waals surface area contributed by atoms with Gasteiger partial charge in [0.05, 0.1) is 0 Å². The lowest BCUT2D eigenvalue weighted by Gasteiger charge is -2.19. The van der Waals surface area contributed by atoms with Crippen LogP contribution in [0.5, 0.6) is 0 Å². The van der Waals surface area contributed by atoms with Crippen molar-refractivity contribution in [3.05, 3.63) is 35.9 Å². The van der Waals surface area contributed by atoms with Gasteiger partial charge in [-0.2, -0.15) is 0 Å². The van der Waals surface area contributed by atoms with Crippen LogP contribution in [0, 0.1) is 0 Å². The highest BCUT2D eigenvalue weighted by molar-refractivity contribution is 6.35. The van der Waals surface area contributed by atoms with Crippen LogP contribution in [-0.4, -0.2) is 23.1 Å². The van der Waals surface area contributed by atoms with E-state index < -0.39 is 11.7 Å². The van der Waals surface area contributed by atoms with Gasteiger partial charge >= 0.3 is 0 Å². The van der Waals surface area contributed by atoms with E-state index >= 15 is 0 Å². The third kappa shape index (κ3) is 3.20. The molecule has 0 spiro atoms. The Bertz CT molecular complexity index is 346. The molecule has 0 unspecified atom stereocenters. The molecule has 1 rings (SSSR count). The van der Waals surface area contributed by atoms with Crippen molar-refractivity contribution in [1.29, 1.82) is 0 Å². The fraction of sp³-hybridized carbons (Fsp3) is 0.333. The average Bonchev–Trinajstić information content (AvgIpc) is 2.26. The summed E-state index contributed by atoms with van der Waals surface area (Å²) in [4.78, 5) is 23.9. The lowest BCUT2D eigenvalue weighted by Crippen LogP contribution is -2.34. The van der Waals surface area contributed by atoms with Crippen LogP contribution in [-0.2, 0) is 16.1 Å². The molecule has 1 aromatic carbocycles. The van der Waals surface area contributed by atoms with E-state index in [1.54, 1.807) is 0 Å². The summed E-state index contributed by atoms with van der Waals surface area (Å²) in [6.07, 6.45) is 0. The molecule has 3 heteroatoms. The van der Waals surface area contributed by atoms with E-state index in [-0.39, 0.29) is 0 Å².